The molecule has 0 amide bonds. The van der Waals surface area contributed by atoms with Crippen molar-refractivity contribution in [2.24, 2.45) is 0 Å². The van der Waals surface area contributed by atoms with Crippen LogP contribution in [0.1, 0.15) is 13.3 Å². The molecule has 96 valence electrons. The normalized spacial score (nSPS) is 10.8. The first-order valence-corrected chi connectivity index (χ1v) is 6.43. The molecule has 1 N–H and O–H groups in total. The number of hydrogen-bond acceptors (Lipinski definition) is 4. The molecular weight excluding hydrogens is 250 g/mol. The molecule has 1 aromatic heterocycles. The van der Waals surface area contributed by atoms with Gasteiger partial charge in [-0.15, -0.1) is 10.2 Å². The Morgan fingerprint density at radius 3 is 2.78 bits per heavy atom. The second kappa shape index (κ2) is 6.52. The third-order valence-corrected chi connectivity index (χ3v) is 2.88. The lowest BCUT2D eigenvalue weighted by atomic mass is 10.2. The Bertz CT molecular complexity index is 519. The van der Waals surface area contributed by atoms with E-state index < -0.39 is 0 Å². The van der Waals surface area contributed by atoms with Gasteiger partial charge in [-0.05, 0) is 13.3 Å². The van der Waals surface area contributed by atoms with E-state index in [0.717, 1.165) is 42.8 Å². The summed E-state index contributed by atoms with van der Waals surface area (Å²) in [6, 6.07) is 7.83. The standard InChI is InChI=1S/C13H16ClN3O/c1-2-18-9-5-8-15-13-11-7-4-3-6-10(11)12(14)16-17-13/h3-4,6-7H,2,5,8-9H2,1H3,(H,15,17). The Labute approximate surface area is 111 Å². The number of hydrogen-bond donors (Lipinski definition) is 1. The first-order valence-electron chi connectivity index (χ1n) is 6.05. The third kappa shape index (κ3) is 3.09. The van der Waals surface area contributed by atoms with Gasteiger partial charge in [0.2, 0.25) is 0 Å². The third-order valence-electron chi connectivity index (χ3n) is 2.60. The molecule has 0 atom stereocenters. The van der Waals surface area contributed by atoms with E-state index in [1.807, 2.05) is 31.2 Å². The SMILES string of the molecule is CCOCCCNc1nnc(Cl)c2ccccc12. The molecule has 0 radical (unpaired) electrons. The molecule has 0 saturated heterocycles. The fourth-order valence-electron chi connectivity index (χ4n) is 1.73. The predicted octanol–water partition coefficient (Wildman–Crippen LogP) is 3.12. The summed E-state index contributed by atoms with van der Waals surface area (Å²) in [5.74, 6) is 0.770. The van der Waals surface area contributed by atoms with E-state index in [2.05, 4.69) is 15.5 Å². The lowest BCUT2D eigenvalue weighted by Gasteiger charge is -2.08. The number of nitrogens with zero attached hydrogens (tertiary/aromatic N) is 2. The van der Waals surface area contributed by atoms with Crippen molar-refractivity contribution >= 4 is 28.2 Å². The summed E-state index contributed by atoms with van der Waals surface area (Å²) in [5.41, 5.74) is 0. The highest BCUT2D eigenvalue weighted by Crippen LogP contribution is 2.25. The average Bonchev–Trinajstić information content (AvgIpc) is 2.41. The number of benzene rings is 1. The largest absolute Gasteiger partial charge is 0.382 e. The van der Waals surface area contributed by atoms with Gasteiger partial charge in [0.1, 0.15) is 0 Å². The lowest BCUT2D eigenvalue weighted by Crippen LogP contribution is -2.08. The van der Waals surface area contributed by atoms with Crippen LogP contribution in [-0.4, -0.2) is 30.0 Å². The van der Waals surface area contributed by atoms with E-state index in [1.165, 1.54) is 0 Å². The van der Waals surface area contributed by atoms with Crippen LogP contribution >= 0.6 is 11.6 Å². The van der Waals surface area contributed by atoms with Crippen LogP contribution in [0.2, 0.25) is 5.15 Å². The molecule has 0 aliphatic carbocycles. The van der Waals surface area contributed by atoms with Crippen LogP contribution < -0.4 is 5.32 Å². The number of halogens is 1. The molecule has 0 fully saturated rings. The summed E-state index contributed by atoms with van der Waals surface area (Å²) in [5, 5.41) is 13.6. The Morgan fingerprint density at radius 2 is 2.00 bits per heavy atom. The number of rotatable bonds is 6. The molecule has 0 aliphatic heterocycles. The van der Waals surface area contributed by atoms with Crippen LogP contribution in [0.3, 0.4) is 0 Å². The van der Waals surface area contributed by atoms with Gasteiger partial charge in [0.15, 0.2) is 11.0 Å². The summed E-state index contributed by atoms with van der Waals surface area (Å²) in [6.07, 6.45) is 0.937. The van der Waals surface area contributed by atoms with Crippen LogP contribution in [-0.2, 0) is 4.74 Å². The summed E-state index contributed by atoms with van der Waals surface area (Å²) < 4.78 is 5.28. The van der Waals surface area contributed by atoms with Gasteiger partial charge in [0.25, 0.3) is 0 Å². The Kier molecular flexibility index (Phi) is 4.73. The highest BCUT2D eigenvalue weighted by atomic mass is 35.5. The fourth-order valence-corrected chi connectivity index (χ4v) is 1.93. The summed E-state index contributed by atoms with van der Waals surface area (Å²) in [6.45, 7) is 4.30. The monoisotopic (exact) mass is 265 g/mol. The minimum atomic E-state index is 0.436. The van der Waals surface area contributed by atoms with Crippen LogP contribution in [0, 0.1) is 0 Å². The molecule has 1 aromatic carbocycles. The van der Waals surface area contributed by atoms with Crippen molar-refractivity contribution in [3.05, 3.63) is 29.4 Å². The second-order valence-corrected chi connectivity index (χ2v) is 4.22. The zero-order valence-corrected chi connectivity index (χ0v) is 11.1. The molecule has 0 unspecified atom stereocenters. The van der Waals surface area contributed by atoms with Crippen molar-refractivity contribution in [3.63, 3.8) is 0 Å². The van der Waals surface area contributed by atoms with Crippen LogP contribution in [0.15, 0.2) is 24.3 Å². The maximum Gasteiger partial charge on any atom is 0.159 e. The zero-order valence-electron chi connectivity index (χ0n) is 10.3. The Balaban J connectivity index is 2.07. The van der Waals surface area contributed by atoms with Gasteiger partial charge in [0, 0.05) is 30.5 Å². The molecule has 0 bridgehead atoms. The predicted molar refractivity (Wildman–Crippen MR) is 74.1 cm³/mol. The maximum absolute atomic E-state index is 6.01. The number of anilines is 1. The van der Waals surface area contributed by atoms with Crippen molar-refractivity contribution < 1.29 is 4.74 Å². The van der Waals surface area contributed by atoms with Gasteiger partial charge in [-0.2, -0.15) is 0 Å². The first-order chi connectivity index (χ1) is 8.83. The van der Waals surface area contributed by atoms with Crippen molar-refractivity contribution in [1.29, 1.82) is 0 Å². The molecule has 0 saturated carbocycles. The van der Waals surface area contributed by atoms with Crippen molar-refractivity contribution in [2.45, 2.75) is 13.3 Å². The molecule has 2 rings (SSSR count). The van der Waals surface area contributed by atoms with E-state index >= 15 is 0 Å². The topological polar surface area (TPSA) is 47.0 Å². The number of aromatic nitrogens is 2. The minimum absolute atomic E-state index is 0.436. The van der Waals surface area contributed by atoms with E-state index in [4.69, 9.17) is 16.3 Å². The Hall–Kier alpha value is -1.39. The number of ether oxygens (including phenoxy) is 1. The van der Waals surface area contributed by atoms with Crippen LogP contribution in [0.4, 0.5) is 5.82 Å². The number of fused-ring (bicyclic) bond motifs is 1. The molecule has 4 nitrogen and oxygen atoms in total. The highest BCUT2D eigenvalue weighted by Gasteiger charge is 2.06. The van der Waals surface area contributed by atoms with Crippen molar-refractivity contribution in [1.82, 2.24) is 10.2 Å². The maximum atomic E-state index is 6.01. The van der Waals surface area contributed by atoms with Crippen molar-refractivity contribution in [3.8, 4) is 0 Å². The molecule has 18 heavy (non-hydrogen) atoms. The van der Waals surface area contributed by atoms with E-state index in [0.29, 0.717) is 5.15 Å². The smallest absolute Gasteiger partial charge is 0.159 e. The molecule has 2 aromatic rings. The summed E-state index contributed by atoms with van der Waals surface area (Å²) >= 11 is 6.01. The molecule has 0 spiro atoms. The van der Waals surface area contributed by atoms with Crippen LogP contribution in [0.25, 0.3) is 10.8 Å². The van der Waals surface area contributed by atoms with Gasteiger partial charge >= 0.3 is 0 Å². The first kappa shape index (κ1) is 13.1. The van der Waals surface area contributed by atoms with Gasteiger partial charge in [-0.25, -0.2) is 0 Å². The summed E-state index contributed by atoms with van der Waals surface area (Å²) in [7, 11) is 0. The molecule has 1 heterocycles. The minimum Gasteiger partial charge on any atom is -0.382 e. The van der Waals surface area contributed by atoms with Gasteiger partial charge in [-0.3, -0.25) is 0 Å². The summed E-state index contributed by atoms with van der Waals surface area (Å²) in [4.78, 5) is 0. The van der Waals surface area contributed by atoms with Crippen molar-refractivity contribution in [2.75, 3.05) is 25.1 Å². The van der Waals surface area contributed by atoms with Gasteiger partial charge in [-0.1, -0.05) is 35.9 Å². The second-order valence-electron chi connectivity index (χ2n) is 3.86. The molecule has 5 heteroatoms. The number of nitrogens with one attached hydrogen (secondary N) is 1. The quantitative estimate of drug-likeness (QED) is 0.815. The van der Waals surface area contributed by atoms with E-state index in [-0.39, 0.29) is 0 Å². The van der Waals surface area contributed by atoms with Crippen LogP contribution in [0.5, 0.6) is 0 Å². The van der Waals surface area contributed by atoms with E-state index in [9.17, 15) is 0 Å². The van der Waals surface area contributed by atoms with E-state index in [1.54, 1.807) is 0 Å². The molecular formula is C13H16ClN3O. The zero-order chi connectivity index (χ0) is 12.8. The molecule has 0 aliphatic rings. The fraction of sp³-hybridized carbons (Fsp3) is 0.385. The van der Waals surface area contributed by atoms with Gasteiger partial charge in [0.05, 0.1) is 0 Å². The van der Waals surface area contributed by atoms with Gasteiger partial charge < -0.3 is 10.1 Å². The highest BCUT2D eigenvalue weighted by molar-refractivity contribution is 6.34. The Morgan fingerprint density at radius 1 is 1.22 bits per heavy atom. The average molecular weight is 266 g/mol. The lowest BCUT2D eigenvalue weighted by molar-refractivity contribution is 0.147.